The zero-order chi connectivity index (χ0) is 15.6. The van der Waals surface area contributed by atoms with E-state index in [2.05, 4.69) is 5.32 Å². The number of amides is 1. The van der Waals surface area contributed by atoms with Gasteiger partial charge in [-0.05, 0) is 18.6 Å². The maximum Gasteiger partial charge on any atom is 0.359 e. The molecule has 1 heterocycles. The Morgan fingerprint density at radius 2 is 2.05 bits per heavy atom. The van der Waals surface area contributed by atoms with E-state index in [4.69, 9.17) is 11.6 Å². The summed E-state index contributed by atoms with van der Waals surface area (Å²) < 4.78 is 11.4. The zero-order valence-electron chi connectivity index (χ0n) is 11.0. The van der Waals surface area contributed by atoms with Crippen molar-refractivity contribution in [3.8, 4) is 0 Å². The van der Waals surface area contributed by atoms with Gasteiger partial charge in [-0.3, -0.25) is 25.7 Å². The summed E-state index contributed by atoms with van der Waals surface area (Å²) in [5.41, 5.74) is 6.43. The van der Waals surface area contributed by atoms with E-state index in [0.717, 1.165) is 5.01 Å². The molecule has 1 saturated heterocycles. The molecule has 1 aliphatic heterocycles. The molecule has 1 aromatic carbocycles. The molecule has 21 heavy (non-hydrogen) atoms. The van der Waals surface area contributed by atoms with Crippen LogP contribution >= 0.6 is 8.46 Å². The number of rotatable bonds is 4. The summed E-state index contributed by atoms with van der Waals surface area (Å²) in [4.78, 5) is 22.1. The second kappa shape index (κ2) is 5.72. The number of hydrogen-bond acceptors (Lipinski definition) is 7. The predicted octanol–water partition coefficient (Wildman–Crippen LogP) is 0.160. The first kappa shape index (κ1) is 15.3. The molecule has 2 rings (SSSR count). The Balaban J connectivity index is 2.19. The Bertz CT molecular complexity index is 580. The molecular formula is C11H15N5O4P+. The topological polar surface area (TPSA) is 145 Å². The maximum absolute atomic E-state index is 12.0. The first-order chi connectivity index (χ1) is 9.88. The number of nitrogens with one attached hydrogen (secondary N) is 1. The zero-order valence-corrected chi connectivity index (χ0v) is 12.0. The fraction of sp³-hybridized carbons (Fsp3) is 0.364. The minimum atomic E-state index is -1.60. The van der Waals surface area contributed by atoms with Gasteiger partial charge >= 0.3 is 19.6 Å². The Hall–Kier alpha value is -2.09. The number of nitrogens with two attached hydrogens (primary N) is 2. The second-order valence-corrected chi connectivity index (χ2v) is 5.79. The number of benzene rings is 1. The van der Waals surface area contributed by atoms with Crippen LogP contribution in [0.1, 0.15) is 6.42 Å². The summed E-state index contributed by atoms with van der Waals surface area (Å²) >= 11 is 0. The second-order valence-electron chi connectivity index (χ2n) is 4.76. The van der Waals surface area contributed by atoms with E-state index in [9.17, 15) is 19.5 Å². The van der Waals surface area contributed by atoms with Crippen LogP contribution in [-0.4, -0.2) is 33.7 Å². The quantitative estimate of drug-likeness (QED) is 0.236. The van der Waals surface area contributed by atoms with Gasteiger partial charge in [0.25, 0.3) is 5.69 Å². The molecule has 2 unspecified atom stereocenters. The summed E-state index contributed by atoms with van der Waals surface area (Å²) in [7, 11) is -1.06. The highest BCUT2D eigenvalue weighted by Crippen LogP contribution is 2.31. The van der Waals surface area contributed by atoms with Gasteiger partial charge in [0.05, 0.1) is 4.92 Å². The molecule has 1 amide bonds. The van der Waals surface area contributed by atoms with Crippen LogP contribution in [0.25, 0.3) is 0 Å². The highest BCUT2D eigenvalue weighted by atomic mass is 31.1. The summed E-state index contributed by atoms with van der Waals surface area (Å²) in [5, 5.41) is 12.9. The normalized spacial score (nSPS) is 25.9. The molecule has 9 nitrogen and oxygen atoms in total. The summed E-state index contributed by atoms with van der Waals surface area (Å²) in [6.07, 6.45) is 0.422. The van der Waals surface area contributed by atoms with Crippen LogP contribution in [0.4, 0.5) is 11.4 Å². The van der Waals surface area contributed by atoms with Gasteiger partial charge in [0, 0.05) is 24.4 Å². The van der Waals surface area contributed by atoms with Crippen LogP contribution in [0.15, 0.2) is 24.3 Å². The first-order valence-corrected chi connectivity index (χ1v) is 7.05. The van der Waals surface area contributed by atoms with Crippen molar-refractivity contribution in [2.75, 3.05) is 11.9 Å². The lowest BCUT2D eigenvalue weighted by Gasteiger charge is -2.35. The Labute approximate surface area is 121 Å². The SMILES string of the molecule is NN1CCC(Nc2ccc([N+](=O)[O-])cc2)[C@](N)([PH+]=O)C1=O. The molecule has 0 aromatic heterocycles. The Morgan fingerprint density at radius 3 is 2.57 bits per heavy atom. The summed E-state index contributed by atoms with van der Waals surface area (Å²) in [6, 6.07) is 5.11. The van der Waals surface area contributed by atoms with E-state index in [1.807, 2.05) is 0 Å². The van der Waals surface area contributed by atoms with Crippen molar-refractivity contribution in [2.45, 2.75) is 17.7 Å². The Morgan fingerprint density at radius 1 is 1.43 bits per heavy atom. The first-order valence-electron chi connectivity index (χ1n) is 6.14. The van der Waals surface area contributed by atoms with Gasteiger partial charge in [-0.1, -0.05) is 4.57 Å². The Kier molecular flexibility index (Phi) is 4.17. The van der Waals surface area contributed by atoms with Gasteiger partial charge in [0.15, 0.2) is 0 Å². The number of carbonyl (C=O) groups excluding carboxylic acids is 1. The molecular weight excluding hydrogens is 297 g/mol. The third kappa shape index (κ3) is 2.85. The van der Waals surface area contributed by atoms with Crippen molar-refractivity contribution in [1.82, 2.24) is 5.01 Å². The number of hydrogen-bond donors (Lipinski definition) is 3. The molecule has 1 aromatic rings. The van der Waals surface area contributed by atoms with Crippen molar-refractivity contribution < 1.29 is 14.3 Å². The molecule has 0 bridgehead atoms. The third-order valence-corrected chi connectivity index (χ3v) is 4.31. The highest BCUT2D eigenvalue weighted by molar-refractivity contribution is 7.27. The average Bonchev–Trinajstić information content (AvgIpc) is 2.48. The highest BCUT2D eigenvalue weighted by Gasteiger charge is 2.55. The van der Waals surface area contributed by atoms with Crippen LogP contribution in [0, 0.1) is 10.1 Å². The smallest absolute Gasteiger partial charge is 0.359 e. The van der Waals surface area contributed by atoms with Crippen molar-refractivity contribution in [1.29, 1.82) is 0 Å². The number of piperidine rings is 1. The number of nitrogens with zero attached hydrogens (tertiary/aromatic N) is 2. The lowest BCUT2D eigenvalue weighted by molar-refractivity contribution is -0.384. The van der Waals surface area contributed by atoms with E-state index >= 15 is 0 Å². The fourth-order valence-corrected chi connectivity index (χ4v) is 2.76. The maximum atomic E-state index is 12.0. The predicted molar refractivity (Wildman–Crippen MR) is 76.9 cm³/mol. The van der Waals surface area contributed by atoms with Gasteiger partial charge in [0.2, 0.25) is 0 Å². The van der Waals surface area contributed by atoms with E-state index in [1.165, 1.54) is 24.3 Å². The van der Waals surface area contributed by atoms with E-state index in [0.29, 0.717) is 12.1 Å². The van der Waals surface area contributed by atoms with Crippen LogP contribution in [0.2, 0.25) is 0 Å². The minimum absolute atomic E-state index is 0.0434. The number of anilines is 1. The van der Waals surface area contributed by atoms with Gasteiger partial charge in [-0.15, -0.1) is 0 Å². The largest absolute Gasteiger partial charge is 0.376 e. The van der Waals surface area contributed by atoms with Crippen LogP contribution < -0.4 is 16.9 Å². The molecule has 1 fully saturated rings. The van der Waals surface area contributed by atoms with Crippen LogP contribution in [0.3, 0.4) is 0 Å². The lowest BCUT2D eigenvalue weighted by Crippen LogP contribution is -2.66. The number of non-ortho nitro benzene ring substituents is 1. The van der Waals surface area contributed by atoms with E-state index in [1.54, 1.807) is 0 Å². The number of nitro groups is 1. The van der Waals surface area contributed by atoms with Gasteiger partial charge in [-0.25, -0.2) is 5.84 Å². The molecule has 112 valence electrons. The number of carbonyl (C=O) groups is 1. The van der Waals surface area contributed by atoms with E-state index < -0.39 is 30.6 Å². The van der Waals surface area contributed by atoms with Crippen molar-refractivity contribution in [2.24, 2.45) is 11.6 Å². The molecule has 0 aliphatic carbocycles. The van der Waals surface area contributed by atoms with Crippen molar-refractivity contribution in [3.63, 3.8) is 0 Å². The number of hydrazine groups is 1. The van der Waals surface area contributed by atoms with Crippen LogP contribution in [0.5, 0.6) is 0 Å². The van der Waals surface area contributed by atoms with Gasteiger partial charge in [-0.2, -0.15) is 0 Å². The van der Waals surface area contributed by atoms with Crippen molar-refractivity contribution in [3.05, 3.63) is 34.4 Å². The third-order valence-electron chi connectivity index (χ3n) is 3.41. The molecule has 0 spiro atoms. The van der Waals surface area contributed by atoms with Gasteiger partial charge in [0.1, 0.15) is 6.04 Å². The van der Waals surface area contributed by atoms with Crippen LogP contribution in [-0.2, 0) is 9.36 Å². The monoisotopic (exact) mass is 312 g/mol. The minimum Gasteiger partial charge on any atom is -0.376 e. The average molecular weight is 312 g/mol. The molecule has 3 atom stereocenters. The standard InChI is InChI=1S/C11H14N5O4P/c12-11(21-20)9(5-6-15(13)10(11)17)14-7-1-3-8(4-2-7)16(18)19/h1-4,9,14H,5-6,12-13H2/p+1/t9?,11-/m0/s1. The molecule has 0 saturated carbocycles. The molecule has 0 radical (unpaired) electrons. The number of nitro benzene ring substituents is 1. The molecule has 10 heteroatoms. The van der Waals surface area contributed by atoms with Crippen molar-refractivity contribution >= 4 is 25.7 Å². The summed E-state index contributed by atoms with van der Waals surface area (Å²) in [6.45, 7) is 0.285. The molecule has 5 N–H and O–H groups in total. The lowest BCUT2D eigenvalue weighted by atomic mass is 9.99. The molecule has 1 aliphatic rings. The van der Waals surface area contributed by atoms with Gasteiger partial charge < -0.3 is 5.32 Å². The summed E-state index contributed by atoms with van der Waals surface area (Å²) in [5.74, 6) is 4.91. The van der Waals surface area contributed by atoms with E-state index in [-0.39, 0.29) is 12.2 Å². The fourth-order valence-electron chi connectivity index (χ4n) is 2.17.